The Bertz CT molecular complexity index is 1130. The van der Waals surface area contributed by atoms with E-state index in [1.54, 1.807) is 42.5 Å². The molecule has 1 heterocycles. The monoisotopic (exact) mass is 404 g/mol. The SMILES string of the molecule is CCOCCn1c(=NC(=O)c2ccccc2)sc2cc(S(C)(=O)=O)ccc21. The van der Waals surface area contributed by atoms with Gasteiger partial charge in [0.1, 0.15) is 0 Å². The van der Waals surface area contributed by atoms with Gasteiger partial charge in [-0.2, -0.15) is 4.99 Å². The van der Waals surface area contributed by atoms with Gasteiger partial charge < -0.3 is 9.30 Å². The summed E-state index contributed by atoms with van der Waals surface area (Å²) in [5.41, 5.74) is 1.33. The van der Waals surface area contributed by atoms with Gasteiger partial charge in [-0.15, -0.1) is 0 Å². The number of hydrogen-bond donors (Lipinski definition) is 0. The fourth-order valence-corrected chi connectivity index (χ4v) is 4.43. The molecule has 0 aliphatic rings. The van der Waals surface area contributed by atoms with Crippen molar-refractivity contribution in [3.8, 4) is 0 Å². The molecule has 6 nitrogen and oxygen atoms in total. The third kappa shape index (κ3) is 4.52. The van der Waals surface area contributed by atoms with Crippen LogP contribution in [0.2, 0.25) is 0 Å². The number of benzene rings is 2. The van der Waals surface area contributed by atoms with E-state index in [0.29, 0.717) is 30.1 Å². The van der Waals surface area contributed by atoms with Crippen LogP contribution in [0.5, 0.6) is 0 Å². The zero-order valence-electron chi connectivity index (χ0n) is 15.1. The Morgan fingerprint density at radius 1 is 1.19 bits per heavy atom. The number of nitrogens with zero attached hydrogens (tertiary/aromatic N) is 2. The van der Waals surface area contributed by atoms with E-state index in [1.807, 2.05) is 17.6 Å². The number of aromatic nitrogens is 1. The molecule has 0 fully saturated rings. The predicted molar refractivity (Wildman–Crippen MR) is 106 cm³/mol. The highest BCUT2D eigenvalue weighted by atomic mass is 32.2. The van der Waals surface area contributed by atoms with Gasteiger partial charge in [0.05, 0.1) is 21.7 Å². The third-order valence-corrected chi connectivity index (χ3v) is 6.12. The smallest absolute Gasteiger partial charge is 0.279 e. The zero-order chi connectivity index (χ0) is 19.4. The molecule has 27 heavy (non-hydrogen) atoms. The van der Waals surface area contributed by atoms with Crippen LogP contribution in [0.25, 0.3) is 10.2 Å². The summed E-state index contributed by atoms with van der Waals surface area (Å²) in [5, 5.41) is 0. The molecule has 0 atom stereocenters. The number of carbonyl (C=O) groups is 1. The minimum absolute atomic E-state index is 0.245. The predicted octanol–water partition coefficient (Wildman–Crippen LogP) is 2.88. The van der Waals surface area contributed by atoms with Crippen molar-refractivity contribution in [2.75, 3.05) is 19.5 Å². The Morgan fingerprint density at radius 3 is 2.59 bits per heavy atom. The van der Waals surface area contributed by atoms with Crippen molar-refractivity contribution in [2.45, 2.75) is 18.4 Å². The van der Waals surface area contributed by atoms with E-state index in [-0.39, 0.29) is 10.8 Å². The molecule has 0 radical (unpaired) electrons. The second kappa shape index (κ2) is 8.16. The van der Waals surface area contributed by atoms with Crippen molar-refractivity contribution in [3.63, 3.8) is 0 Å². The lowest BCUT2D eigenvalue weighted by molar-refractivity contribution is 0.0996. The molecule has 1 aromatic heterocycles. The minimum atomic E-state index is -3.31. The summed E-state index contributed by atoms with van der Waals surface area (Å²) < 4.78 is 31.8. The number of hydrogen-bond acceptors (Lipinski definition) is 5. The molecule has 2 aromatic carbocycles. The van der Waals surface area contributed by atoms with E-state index in [2.05, 4.69) is 4.99 Å². The minimum Gasteiger partial charge on any atom is -0.380 e. The highest BCUT2D eigenvalue weighted by Crippen LogP contribution is 2.22. The molecule has 0 saturated heterocycles. The highest BCUT2D eigenvalue weighted by molar-refractivity contribution is 7.90. The average Bonchev–Trinajstić information content (AvgIpc) is 2.98. The maximum Gasteiger partial charge on any atom is 0.279 e. The summed E-state index contributed by atoms with van der Waals surface area (Å²) in [5.74, 6) is -0.337. The molecular weight excluding hydrogens is 384 g/mol. The largest absolute Gasteiger partial charge is 0.380 e. The lowest BCUT2D eigenvalue weighted by Crippen LogP contribution is -2.19. The van der Waals surface area contributed by atoms with Crippen LogP contribution in [-0.4, -0.2) is 38.4 Å². The molecule has 0 aliphatic carbocycles. The van der Waals surface area contributed by atoms with Gasteiger partial charge in [0.15, 0.2) is 14.6 Å². The van der Waals surface area contributed by atoms with Crippen molar-refractivity contribution in [2.24, 2.45) is 4.99 Å². The molecular formula is C19H20N2O4S2. The first-order valence-electron chi connectivity index (χ1n) is 8.45. The summed E-state index contributed by atoms with van der Waals surface area (Å²) in [6.07, 6.45) is 1.18. The van der Waals surface area contributed by atoms with Crippen molar-refractivity contribution < 1.29 is 17.9 Å². The molecule has 0 bridgehead atoms. The number of ether oxygens (including phenoxy) is 1. The van der Waals surface area contributed by atoms with E-state index in [4.69, 9.17) is 4.74 Å². The third-order valence-electron chi connectivity index (χ3n) is 3.96. The number of rotatable bonds is 6. The molecule has 3 aromatic rings. The van der Waals surface area contributed by atoms with Crippen LogP contribution < -0.4 is 4.80 Å². The maximum absolute atomic E-state index is 12.5. The Morgan fingerprint density at radius 2 is 1.93 bits per heavy atom. The first-order valence-corrected chi connectivity index (χ1v) is 11.2. The molecule has 3 rings (SSSR count). The van der Waals surface area contributed by atoms with Crippen LogP contribution in [-0.2, 0) is 21.1 Å². The Kier molecular flexibility index (Phi) is 5.88. The summed E-state index contributed by atoms with van der Waals surface area (Å²) in [7, 11) is -3.31. The number of fused-ring (bicyclic) bond motifs is 1. The van der Waals surface area contributed by atoms with Gasteiger partial charge in [-0.25, -0.2) is 8.42 Å². The Hall–Kier alpha value is -2.29. The number of thiazole rings is 1. The molecule has 0 N–H and O–H groups in total. The molecule has 0 spiro atoms. The number of sulfone groups is 1. The fraction of sp³-hybridized carbons (Fsp3) is 0.263. The standard InChI is InChI=1S/C19H20N2O4S2/c1-3-25-12-11-21-16-10-9-15(27(2,23)24)13-17(16)26-19(21)20-18(22)14-7-5-4-6-8-14/h4-10,13H,3,11-12H2,1-2H3. The van der Waals surface area contributed by atoms with Crippen LogP contribution in [0.15, 0.2) is 58.4 Å². The van der Waals surface area contributed by atoms with Crippen molar-refractivity contribution in [1.29, 1.82) is 0 Å². The van der Waals surface area contributed by atoms with Crippen LogP contribution in [0.4, 0.5) is 0 Å². The molecule has 8 heteroatoms. The van der Waals surface area contributed by atoms with Gasteiger partial charge in [-0.1, -0.05) is 29.5 Å². The van der Waals surface area contributed by atoms with Crippen LogP contribution in [0.3, 0.4) is 0 Å². The van der Waals surface area contributed by atoms with E-state index in [1.165, 1.54) is 17.6 Å². The second-order valence-electron chi connectivity index (χ2n) is 5.92. The summed E-state index contributed by atoms with van der Waals surface area (Å²) in [6, 6.07) is 13.8. The van der Waals surface area contributed by atoms with Gasteiger partial charge in [-0.05, 0) is 37.3 Å². The molecule has 1 amide bonds. The molecule has 0 saturated carbocycles. The molecule has 142 valence electrons. The van der Waals surface area contributed by atoms with Crippen LogP contribution in [0.1, 0.15) is 17.3 Å². The van der Waals surface area contributed by atoms with Gasteiger partial charge in [0.2, 0.25) is 0 Å². The van der Waals surface area contributed by atoms with Crippen molar-refractivity contribution in [1.82, 2.24) is 4.57 Å². The molecule has 0 unspecified atom stereocenters. The maximum atomic E-state index is 12.5. The Labute approximate surface area is 161 Å². The van der Waals surface area contributed by atoms with Crippen molar-refractivity contribution >= 4 is 37.3 Å². The van der Waals surface area contributed by atoms with Gasteiger partial charge >= 0.3 is 0 Å². The Balaban J connectivity index is 2.12. The highest BCUT2D eigenvalue weighted by Gasteiger charge is 2.13. The second-order valence-corrected chi connectivity index (χ2v) is 8.94. The summed E-state index contributed by atoms with van der Waals surface area (Å²) in [4.78, 5) is 17.5. The van der Waals surface area contributed by atoms with E-state index < -0.39 is 9.84 Å². The normalized spacial score (nSPS) is 12.6. The van der Waals surface area contributed by atoms with Crippen LogP contribution in [0, 0.1) is 0 Å². The first kappa shape index (κ1) is 19.5. The quantitative estimate of drug-likeness (QED) is 0.592. The van der Waals surface area contributed by atoms with E-state index >= 15 is 0 Å². The number of carbonyl (C=O) groups excluding carboxylic acids is 1. The lowest BCUT2D eigenvalue weighted by atomic mass is 10.2. The summed E-state index contributed by atoms with van der Waals surface area (Å²) in [6.45, 7) is 3.51. The van der Waals surface area contributed by atoms with Gasteiger partial charge in [0.25, 0.3) is 5.91 Å². The fourth-order valence-electron chi connectivity index (χ4n) is 2.62. The van der Waals surface area contributed by atoms with Gasteiger partial charge in [-0.3, -0.25) is 4.79 Å². The van der Waals surface area contributed by atoms with Crippen LogP contribution >= 0.6 is 11.3 Å². The van der Waals surface area contributed by atoms with E-state index in [0.717, 1.165) is 10.2 Å². The van der Waals surface area contributed by atoms with Crippen molar-refractivity contribution in [3.05, 3.63) is 58.9 Å². The molecule has 0 aliphatic heterocycles. The van der Waals surface area contributed by atoms with Gasteiger partial charge in [0, 0.05) is 25.0 Å². The van der Waals surface area contributed by atoms with E-state index in [9.17, 15) is 13.2 Å². The zero-order valence-corrected chi connectivity index (χ0v) is 16.7. The average molecular weight is 405 g/mol. The first-order chi connectivity index (χ1) is 12.9. The summed E-state index contributed by atoms with van der Waals surface area (Å²) >= 11 is 1.29. The lowest BCUT2D eigenvalue weighted by Gasteiger charge is -2.06. The number of amides is 1. The topological polar surface area (TPSA) is 77.7 Å².